The van der Waals surface area contributed by atoms with Gasteiger partial charge in [0.15, 0.2) is 41.8 Å². The maximum atomic E-state index is 14.6. The topological polar surface area (TPSA) is 434 Å². The highest BCUT2D eigenvalue weighted by molar-refractivity contribution is 14.1. The predicted molar refractivity (Wildman–Crippen MR) is 424 cm³/mol. The number of nitrogens with zero attached hydrogens (tertiary/aromatic N) is 3. The van der Waals surface area contributed by atoms with Gasteiger partial charge in [0.25, 0.3) is 11.8 Å². The number of hydrogen-bond acceptors (Lipinski definition) is 34. The molecule has 0 spiro atoms. The molecule has 5 fully saturated rings. The Hall–Kier alpha value is -6.56. The number of thioether (sulfide) groups is 1. The van der Waals surface area contributed by atoms with E-state index < -0.39 is 173 Å². The van der Waals surface area contributed by atoms with E-state index in [2.05, 4.69) is 45.0 Å². The van der Waals surface area contributed by atoms with Gasteiger partial charge in [-0.3, -0.25) is 39.0 Å². The van der Waals surface area contributed by atoms with Crippen molar-refractivity contribution >= 4 is 102 Å². The molecule has 34 nitrogen and oxygen atoms in total. The largest absolute Gasteiger partial charge is 0.494 e. The number of ketones is 1. The van der Waals surface area contributed by atoms with Gasteiger partial charge in [0.05, 0.1) is 116 Å². The van der Waals surface area contributed by atoms with Gasteiger partial charge in [0.1, 0.15) is 48.6 Å². The Bertz CT molecular complexity index is 4070. The molecule has 4 amide bonds. The fraction of sp³-hybridized carbons (Fsp3) is 0.610. The summed E-state index contributed by atoms with van der Waals surface area (Å²) in [7, 11) is 9.26. The Morgan fingerprint density at radius 1 is 0.870 bits per heavy atom. The second-order valence-corrected chi connectivity index (χ2v) is 33.8. The van der Waals surface area contributed by atoms with Crippen molar-refractivity contribution in [1.82, 2.24) is 26.2 Å². The Labute approximate surface area is 692 Å². The van der Waals surface area contributed by atoms with Crippen LogP contribution >= 0.6 is 55.9 Å². The number of aliphatic hydroxyl groups is 6. The molecule has 5 saturated heterocycles. The van der Waals surface area contributed by atoms with Crippen molar-refractivity contribution in [2.24, 2.45) is 5.10 Å². The highest BCUT2D eigenvalue weighted by Crippen LogP contribution is 2.50. The molecule has 0 radical (unpaired) electrons. The Morgan fingerprint density at radius 2 is 1.57 bits per heavy atom. The lowest BCUT2D eigenvalue weighted by Crippen LogP contribution is -2.65. The zero-order valence-electron chi connectivity index (χ0n) is 66.1. The van der Waals surface area contributed by atoms with Crippen molar-refractivity contribution in [3.63, 3.8) is 0 Å². The van der Waals surface area contributed by atoms with Crippen molar-refractivity contribution < 1.29 is 135 Å². The quantitative estimate of drug-likeness (QED) is 0.00697. The van der Waals surface area contributed by atoms with Gasteiger partial charge in [-0.05, 0) is 138 Å². The summed E-state index contributed by atoms with van der Waals surface area (Å²) in [5, 5.41) is 75.9. The van der Waals surface area contributed by atoms with Crippen molar-refractivity contribution in [1.29, 1.82) is 0 Å². The molecule has 9 N–H and O–H groups in total. The Kier molecular flexibility index (Phi) is 33.6. The number of methoxy groups -OCH3 is 5. The molecule has 9 rings (SSSR count). The van der Waals surface area contributed by atoms with Crippen LogP contribution in [0.4, 0.5) is 4.79 Å². The number of carbonyl (C=O) groups excluding carboxylic acids is 7. The first-order chi connectivity index (χ1) is 54.7. The number of hydrogen-bond donors (Lipinski definition) is 9. The fourth-order valence-corrected chi connectivity index (χ4v) is 18.0. The summed E-state index contributed by atoms with van der Waals surface area (Å²) in [5.74, 6) is 9.11. The number of imide groups is 1. The first-order valence-corrected chi connectivity index (χ1v) is 41.5. The summed E-state index contributed by atoms with van der Waals surface area (Å²) in [6.07, 6.45) is -16.6. The number of hydroxylamine groups is 3. The molecule has 2 aromatic carbocycles. The molecule has 5 heterocycles. The predicted octanol–water partition coefficient (Wildman–Crippen LogP) is 4.44. The minimum Gasteiger partial charge on any atom is -0.494 e. The highest BCUT2D eigenvalue weighted by atomic mass is 127. The van der Waals surface area contributed by atoms with Crippen LogP contribution in [0.1, 0.15) is 128 Å². The van der Waals surface area contributed by atoms with Gasteiger partial charge in [0.2, 0.25) is 23.1 Å². The van der Waals surface area contributed by atoms with Crippen LogP contribution in [0.5, 0.6) is 23.0 Å². The summed E-state index contributed by atoms with van der Waals surface area (Å²) >= 11 is 2.78. The number of amides is 4. The minimum absolute atomic E-state index is 0.00373. The maximum absolute atomic E-state index is 14.6. The third-order valence-corrected chi connectivity index (χ3v) is 25.7. The number of fused-ring (bicyclic) bond motifs is 2. The molecule has 20 atom stereocenters. The first-order valence-electron chi connectivity index (χ1n) is 37.2. The number of rotatable bonds is 33. The average molecular weight is 1780 g/mol. The lowest BCUT2D eigenvalue weighted by Gasteiger charge is -2.47. The van der Waals surface area contributed by atoms with Crippen LogP contribution in [0, 0.1) is 34.2 Å². The third kappa shape index (κ3) is 22.9. The molecule has 5 aliphatic heterocycles. The van der Waals surface area contributed by atoms with E-state index in [-0.39, 0.29) is 104 Å². The summed E-state index contributed by atoms with van der Waals surface area (Å²) in [5.41, 5.74) is 4.43. The SMILES string of the molecule is CCN(C(C)O)C1COC(OC2C(O[C@H]3C#C/C=C\C#C[C@]4(O)CC(=O)C(NC(=O)OC)=C3/C4=C\CSSC(C)(C)CC(=O)N/N=C(\C)c3ccc(OCCCC(=O)ON4C(=O)CCC4=O)cc3)OC(C)C(NOC3CC(O)C(SC(=O)c4c(C)c(I)c(OC5OC(C)C(O)C(OC)C5O)c(OC)c4OC)C(C)O3)C2O)CC1OC. The van der Waals surface area contributed by atoms with E-state index in [0.29, 0.717) is 37.8 Å². The lowest BCUT2D eigenvalue weighted by atomic mass is 9.75. The first kappa shape index (κ1) is 92.3. The summed E-state index contributed by atoms with van der Waals surface area (Å²) in [6, 6.07) is 5.23. The normalized spacial score (nSPS) is 30.7. The van der Waals surface area contributed by atoms with Gasteiger partial charge in [-0.25, -0.2) is 15.0 Å². The molecule has 18 unspecified atom stereocenters. The minimum atomic E-state index is -2.24. The lowest BCUT2D eigenvalue weighted by molar-refractivity contribution is -0.338. The molecule has 2 aromatic rings. The number of allylic oxidation sites excluding steroid dienone is 3. The standard InChI is InChI=1S/C77H101IN6O28S3/c1-15-83(43(7)85)47-37-104-56(34-51(47)98-10)109-69-64(93)61(82-111-57-33-48(86)71(42(6)105-57)114-72(95)58-38(2)60(78)67(70(101-13)66(58)99-11)110-73-65(94)68(100-12)63(92)41(5)107-73)40(4)106-74(69)108-50-21-18-16-17-19-30-77(97)35-49(87)62(79-75(96)102-14)59(50)46(77)29-32-113-115-76(8,9)36-52(88)81-80-39(3)44-23-25-45(26-24-44)103-31-20-22-55(91)112-84-53(89)27-28-54(84)90/h16-17,23-26,29,40-43,47-48,50-51,56-57,61,63-65,68-69,71,73-74,82,85-86,92-94,97H,15,20,22,27-28,31-37H2,1-14H3,(H,79,96)(H,81,88)/b17-16-,46-29+,80-39+/t40?,41?,42?,43?,47?,48?,50-,51?,56?,57?,61?,63?,64?,65?,68?,69?,71?,73?,74?,77-/m0/s1. The molecule has 7 aliphatic rings. The molecule has 38 heteroatoms. The van der Waals surface area contributed by atoms with Crippen LogP contribution < -0.4 is 35.2 Å². The number of carbonyl (C=O) groups is 7. The summed E-state index contributed by atoms with van der Waals surface area (Å²) in [6.45, 7) is 16.0. The summed E-state index contributed by atoms with van der Waals surface area (Å²) < 4.78 is 78.4. The average Bonchev–Trinajstić information content (AvgIpc) is 0.827. The van der Waals surface area contributed by atoms with Crippen LogP contribution in [0.2, 0.25) is 0 Å². The zero-order chi connectivity index (χ0) is 83.9. The zero-order valence-corrected chi connectivity index (χ0v) is 70.7. The van der Waals surface area contributed by atoms with Gasteiger partial charge in [-0.1, -0.05) is 70.0 Å². The van der Waals surface area contributed by atoms with Crippen LogP contribution in [-0.4, -0.2) is 274 Å². The molecule has 0 aromatic heterocycles. The van der Waals surface area contributed by atoms with E-state index in [0.717, 1.165) is 18.9 Å². The number of halogens is 1. The van der Waals surface area contributed by atoms with Crippen molar-refractivity contribution in [2.75, 3.05) is 61.1 Å². The molecule has 0 saturated carbocycles. The number of alkyl carbamates (subject to hydrolysis) is 1. The van der Waals surface area contributed by atoms with E-state index in [4.69, 9.17) is 71.3 Å². The smallest absolute Gasteiger partial charge is 0.411 e. The monoisotopic (exact) mass is 1780 g/mol. The van der Waals surface area contributed by atoms with E-state index in [1.807, 2.05) is 43.4 Å². The van der Waals surface area contributed by atoms with E-state index in [1.54, 1.807) is 76.8 Å². The second kappa shape index (κ2) is 41.9. The van der Waals surface area contributed by atoms with E-state index in [1.165, 1.54) is 62.2 Å². The van der Waals surface area contributed by atoms with Crippen LogP contribution in [0.15, 0.2) is 64.4 Å². The van der Waals surface area contributed by atoms with Crippen molar-refractivity contribution in [3.05, 3.63) is 79.6 Å². The molecule has 632 valence electrons. The number of Topliss-reactive ketones (excluding diaryl/α,β-unsaturated/α-hetero) is 1. The van der Waals surface area contributed by atoms with Gasteiger partial charge in [0, 0.05) is 68.0 Å². The number of hydrazone groups is 1. The second-order valence-electron chi connectivity index (χ2n) is 28.5. The van der Waals surface area contributed by atoms with Crippen LogP contribution in [-0.2, 0) is 76.3 Å². The molecular weight excluding hydrogens is 1680 g/mol. The summed E-state index contributed by atoms with van der Waals surface area (Å²) in [4.78, 5) is 105. The fourth-order valence-electron chi connectivity index (χ4n) is 13.9. The molecular formula is C77H101IN6O28S3. The number of ether oxygens (including phenoxy) is 13. The van der Waals surface area contributed by atoms with Gasteiger partial charge >= 0.3 is 12.1 Å². The maximum Gasteiger partial charge on any atom is 0.411 e. The van der Waals surface area contributed by atoms with E-state index >= 15 is 0 Å². The molecule has 2 aliphatic carbocycles. The Balaban J connectivity index is 0.900. The number of likely N-dealkylation sites (N-methyl/N-ethyl adjacent to an activating group) is 1. The highest BCUT2D eigenvalue weighted by Gasteiger charge is 2.53. The van der Waals surface area contributed by atoms with Gasteiger partial charge in [-0.2, -0.15) is 10.6 Å². The molecule has 2 bridgehead atoms. The van der Waals surface area contributed by atoms with Crippen LogP contribution in [0.25, 0.3) is 0 Å². The Morgan fingerprint density at radius 3 is 2.22 bits per heavy atom. The van der Waals surface area contributed by atoms with E-state index in [9.17, 15) is 64.2 Å². The van der Waals surface area contributed by atoms with Gasteiger partial charge in [-0.15, -0.1) is 5.06 Å². The van der Waals surface area contributed by atoms with Crippen LogP contribution in [0.3, 0.4) is 0 Å². The number of aliphatic hydroxyl groups excluding tert-OH is 5. The van der Waals surface area contributed by atoms with Crippen molar-refractivity contribution in [2.45, 2.75) is 240 Å². The third-order valence-electron chi connectivity index (χ3n) is 19.9. The van der Waals surface area contributed by atoms with Gasteiger partial charge < -0.3 is 97.1 Å². The number of nitrogens with one attached hydrogen (secondary N) is 3. The number of benzene rings is 2. The van der Waals surface area contributed by atoms with Crippen molar-refractivity contribution in [3.8, 4) is 46.7 Å². The molecule has 115 heavy (non-hydrogen) atoms.